The van der Waals surface area contributed by atoms with Crippen molar-refractivity contribution in [2.75, 3.05) is 10.6 Å². The highest BCUT2D eigenvalue weighted by Gasteiger charge is 2.20. The van der Waals surface area contributed by atoms with E-state index in [2.05, 4.69) is 50.1 Å². The number of benzene rings is 1. The average Bonchev–Trinajstić information content (AvgIpc) is 3.55. The lowest BCUT2D eigenvalue weighted by atomic mass is 9.93. The summed E-state index contributed by atoms with van der Waals surface area (Å²) in [5, 5.41) is 24.6. The van der Waals surface area contributed by atoms with Crippen molar-refractivity contribution >= 4 is 38.3 Å². The summed E-state index contributed by atoms with van der Waals surface area (Å²) < 4.78 is 1.10. The topological polar surface area (TPSA) is 112 Å². The first-order valence-corrected chi connectivity index (χ1v) is 13.0. The lowest BCUT2D eigenvalue weighted by Crippen LogP contribution is -2.28. The molecule has 1 aliphatic carbocycles. The van der Waals surface area contributed by atoms with E-state index in [0.29, 0.717) is 12.5 Å². The molecule has 36 heavy (non-hydrogen) atoms. The predicted molar refractivity (Wildman–Crippen MR) is 144 cm³/mol. The third kappa shape index (κ3) is 5.22. The fraction of sp³-hybridized carbons (Fsp3) is 0.259. The summed E-state index contributed by atoms with van der Waals surface area (Å²) in [6.45, 7) is 0. The van der Waals surface area contributed by atoms with Crippen LogP contribution in [0.2, 0.25) is 0 Å². The van der Waals surface area contributed by atoms with Crippen molar-refractivity contribution in [1.29, 1.82) is 0 Å². The highest BCUT2D eigenvalue weighted by molar-refractivity contribution is 7.22. The second-order valence-corrected chi connectivity index (χ2v) is 10.2. The van der Waals surface area contributed by atoms with E-state index in [1.54, 1.807) is 11.3 Å². The summed E-state index contributed by atoms with van der Waals surface area (Å²) in [6, 6.07) is 16.7. The number of aromatic nitrogens is 5. The Bertz CT molecular complexity index is 1440. The number of hydrogen-bond acceptors (Lipinski definition) is 8. The van der Waals surface area contributed by atoms with Gasteiger partial charge in [0, 0.05) is 36.1 Å². The van der Waals surface area contributed by atoms with E-state index < -0.39 is 0 Å². The number of aliphatic hydroxyl groups is 1. The molecule has 182 valence electrons. The lowest BCUT2D eigenvalue weighted by Gasteiger charge is -2.27. The summed E-state index contributed by atoms with van der Waals surface area (Å²) >= 11 is 1.60. The maximum absolute atomic E-state index is 9.87. The Morgan fingerprint density at radius 1 is 0.972 bits per heavy atom. The van der Waals surface area contributed by atoms with E-state index in [1.165, 1.54) is 0 Å². The molecule has 9 heteroatoms. The molecule has 5 aromatic rings. The van der Waals surface area contributed by atoms with E-state index in [1.807, 2.05) is 42.9 Å². The van der Waals surface area contributed by atoms with Crippen LogP contribution in [0.15, 0.2) is 67.1 Å². The third-order valence-corrected chi connectivity index (χ3v) is 7.43. The van der Waals surface area contributed by atoms with Gasteiger partial charge in [0.2, 0.25) is 0 Å². The van der Waals surface area contributed by atoms with Crippen LogP contribution in [0.25, 0.3) is 21.3 Å². The van der Waals surface area contributed by atoms with Crippen LogP contribution in [0.5, 0.6) is 0 Å². The first-order chi connectivity index (χ1) is 17.7. The van der Waals surface area contributed by atoms with E-state index in [4.69, 9.17) is 9.97 Å². The number of nitrogens with zero attached hydrogens (tertiary/aromatic N) is 4. The van der Waals surface area contributed by atoms with Gasteiger partial charge in [0.15, 0.2) is 5.13 Å². The maximum atomic E-state index is 9.87. The number of H-pyrrole nitrogens is 1. The van der Waals surface area contributed by atoms with Crippen molar-refractivity contribution in [1.82, 2.24) is 25.1 Å². The monoisotopic (exact) mass is 497 g/mol. The number of anilines is 3. The first-order valence-electron chi connectivity index (χ1n) is 12.2. The standard InChI is InChI=1S/C27H27N7OS/c35-22-7-5-20(6-8-22)31-25-12-17(11-21-3-1-2-10-28-21)13-26(33-25)34-27-32-23-9-4-18(14-24(23)36-27)19-15-29-30-16-19/h1-4,9-10,12-16,20,22,35H,5-8,11H2,(H,29,30)(H2,31,32,33,34). The molecule has 0 amide bonds. The van der Waals surface area contributed by atoms with Gasteiger partial charge in [0.1, 0.15) is 11.6 Å². The Labute approximate surface area is 212 Å². The van der Waals surface area contributed by atoms with Crippen LogP contribution in [-0.4, -0.2) is 42.4 Å². The van der Waals surface area contributed by atoms with Gasteiger partial charge in [-0.05, 0) is 73.2 Å². The predicted octanol–water partition coefficient (Wildman–Crippen LogP) is 5.53. The van der Waals surface area contributed by atoms with Crippen molar-refractivity contribution in [3.8, 4) is 11.1 Å². The molecule has 0 unspecified atom stereocenters. The normalized spacial score (nSPS) is 17.8. The van der Waals surface area contributed by atoms with Crippen LogP contribution in [-0.2, 0) is 6.42 Å². The molecule has 0 atom stereocenters. The van der Waals surface area contributed by atoms with Crippen LogP contribution in [0.1, 0.15) is 36.9 Å². The molecule has 4 aromatic heterocycles. The Kier molecular flexibility index (Phi) is 6.31. The van der Waals surface area contributed by atoms with Crippen molar-refractivity contribution in [3.05, 3.63) is 78.4 Å². The molecular weight excluding hydrogens is 470 g/mol. The fourth-order valence-electron chi connectivity index (χ4n) is 4.64. The minimum Gasteiger partial charge on any atom is -0.393 e. The van der Waals surface area contributed by atoms with Crippen molar-refractivity contribution in [3.63, 3.8) is 0 Å². The molecule has 1 aromatic carbocycles. The number of nitrogens with one attached hydrogen (secondary N) is 3. The summed E-state index contributed by atoms with van der Waals surface area (Å²) in [4.78, 5) is 14.1. The number of aromatic amines is 1. The van der Waals surface area contributed by atoms with Crippen LogP contribution < -0.4 is 10.6 Å². The maximum Gasteiger partial charge on any atom is 0.189 e. The molecular formula is C27H27N7OS. The van der Waals surface area contributed by atoms with Crippen molar-refractivity contribution in [2.45, 2.75) is 44.2 Å². The summed E-state index contributed by atoms with van der Waals surface area (Å²) in [7, 11) is 0. The Hall–Kier alpha value is -3.82. The summed E-state index contributed by atoms with van der Waals surface area (Å²) in [6.07, 6.45) is 9.58. The molecule has 0 bridgehead atoms. The molecule has 0 spiro atoms. The summed E-state index contributed by atoms with van der Waals surface area (Å²) in [5.41, 5.74) is 5.22. The van der Waals surface area contributed by atoms with Crippen LogP contribution in [0.3, 0.4) is 0 Å². The zero-order valence-corrected chi connectivity index (χ0v) is 20.5. The highest BCUT2D eigenvalue weighted by atomic mass is 32.1. The van der Waals surface area contributed by atoms with E-state index in [9.17, 15) is 5.11 Å². The number of thiazole rings is 1. The highest BCUT2D eigenvalue weighted by Crippen LogP contribution is 2.32. The molecule has 1 fully saturated rings. The minimum atomic E-state index is -0.184. The van der Waals surface area contributed by atoms with E-state index in [-0.39, 0.29) is 6.10 Å². The summed E-state index contributed by atoms with van der Waals surface area (Å²) in [5.74, 6) is 1.58. The molecule has 1 aliphatic rings. The van der Waals surface area contributed by atoms with Gasteiger partial charge in [0.25, 0.3) is 0 Å². The fourth-order valence-corrected chi connectivity index (χ4v) is 5.56. The zero-order valence-electron chi connectivity index (χ0n) is 19.7. The van der Waals surface area contributed by atoms with Gasteiger partial charge in [-0.1, -0.05) is 23.5 Å². The number of aliphatic hydroxyl groups excluding tert-OH is 1. The molecule has 4 heterocycles. The van der Waals surface area contributed by atoms with Gasteiger partial charge in [-0.25, -0.2) is 9.97 Å². The smallest absolute Gasteiger partial charge is 0.189 e. The van der Waals surface area contributed by atoms with Gasteiger partial charge < -0.3 is 15.7 Å². The van der Waals surface area contributed by atoms with Crippen LogP contribution in [0, 0.1) is 0 Å². The Balaban J connectivity index is 1.27. The van der Waals surface area contributed by atoms with Gasteiger partial charge in [-0.2, -0.15) is 5.10 Å². The van der Waals surface area contributed by atoms with Gasteiger partial charge in [-0.3, -0.25) is 10.1 Å². The van der Waals surface area contributed by atoms with E-state index >= 15 is 0 Å². The van der Waals surface area contributed by atoms with Gasteiger partial charge in [-0.15, -0.1) is 0 Å². The zero-order chi connectivity index (χ0) is 24.3. The second-order valence-electron chi connectivity index (χ2n) is 9.21. The van der Waals surface area contributed by atoms with Gasteiger partial charge in [0.05, 0.1) is 22.5 Å². The van der Waals surface area contributed by atoms with Crippen LogP contribution >= 0.6 is 11.3 Å². The number of hydrogen-bond donors (Lipinski definition) is 4. The quantitative estimate of drug-likeness (QED) is 0.234. The van der Waals surface area contributed by atoms with Crippen LogP contribution in [0.4, 0.5) is 16.8 Å². The van der Waals surface area contributed by atoms with Gasteiger partial charge >= 0.3 is 0 Å². The van der Waals surface area contributed by atoms with Crippen molar-refractivity contribution in [2.24, 2.45) is 0 Å². The third-order valence-electron chi connectivity index (χ3n) is 6.50. The second kappa shape index (κ2) is 10.0. The first kappa shape index (κ1) is 22.6. The Morgan fingerprint density at radius 2 is 1.86 bits per heavy atom. The largest absolute Gasteiger partial charge is 0.393 e. The van der Waals surface area contributed by atoms with E-state index in [0.717, 1.165) is 75.1 Å². The van der Waals surface area contributed by atoms with Crippen molar-refractivity contribution < 1.29 is 5.11 Å². The minimum absolute atomic E-state index is 0.184. The molecule has 0 saturated heterocycles. The molecule has 0 aliphatic heterocycles. The lowest BCUT2D eigenvalue weighted by molar-refractivity contribution is 0.126. The molecule has 6 rings (SSSR count). The SMILES string of the molecule is OC1CCC(Nc2cc(Cc3ccccn3)cc(Nc3nc4ccc(-c5cn[nH]c5)cc4s3)n2)CC1. The molecule has 1 saturated carbocycles. The Morgan fingerprint density at radius 3 is 2.67 bits per heavy atom. The average molecular weight is 498 g/mol. The number of fused-ring (bicyclic) bond motifs is 1. The molecule has 4 N–H and O–H groups in total. The number of pyridine rings is 2. The molecule has 8 nitrogen and oxygen atoms in total. The molecule has 0 radical (unpaired) electrons. The number of rotatable bonds is 7.